The summed E-state index contributed by atoms with van der Waals surface area (Å²) in [5, 5.41) is 14.3. The Bertz CT molecular complexity index is 1180. The molecule has 180 valence electrons. The molecule has 35 heavy (non-hydrogen) atoms. The molecule has 7 nitrogen and oxygen atoms in total. The third kappa shape index (κ3) is 6.76. The highest BCUT2D eigenvalue weighted by Crippen LogP contribution is 2.29. The first kappa shape index (κ1) is 24.1. The Morgan fingerprint density at radius 2 is 1.66 bits per heavy atom. The summed E-state index contributed by atoms with van der Waals surface area (Å²) >= 11 is 0. The first-order valence-electron chi connectivity index (χ1n) is 12.1. The van der Waals surface area contributed by atoms with Crippen LogP contribution in [0.5, 0.6) is 5.75 Å². The first-order valence-corrected chi connectivity index (χ1v) is 12.1. The van der Waals surface area contributed by atoms with Crippen LogP contribution >= 0.6 is 0 Å². The molecule has 7 heteroatoms. The van der Waals surface area contributed by atoms with Crippen LogP contribution in [0, 0.1) is 0 Å². The Kier molecular flexibility index (Phi) is 8.59. The largest absolute Gasteiger partial charge is 0.494 e. The van der Waals surface area contributed by atoms with Gasteiger partial charge in [0.2, 0.25) is 5.91 Å². The molecule has 0 aliphatic carbocycles. The number of para-hydroxylation sites is 1. The van der Waals surface area contributed by atoms with E-state index in [-0.39, 0.29) is 5.91 Å². The number of nitrogens with one attached hydrogen (secondary N) is 1. The molecule has 1 aromatic heterocycles. The van der Waals surface area contributed by atoms with Gasteiger partial charge in [0.05, 0.1) is 6.61 Å². The van der Waals surface area contributed by atoms with Crippen LogP contribution in [-0.4, -0.2) is 44.6 Å². The van der Waals surface area contributed by atoms with Crippen molar-refractivity contribution in [3.05, 3.63) is 84.4 Å². The van der Waals surface area contributed by atoms with Crippen molar-refractivity contribution in [2.24, 2.45) is 0 Å². The third-order valence-electron chi connectivity index (χ3n) is 5.85. The molecular weight excluding hydrogens is 438 g/mol. The van der Waals surface area contributed by atoms with Crippen molar-refractivity contribution in [2.45, 2.75) is 39.2 Å². The SMILES string of the molecule is CCCCC(=O)N(CCCOc1ccccc1)Cc1ccc(-c2ccccc2-c2nnn[nH]2)cc1. The van der Waals surface area contributed by atoms with Gasteiger partial charge in [0.1, 0.15) is 5.75 Å². The maximum absolute atomic E-state index is 12.9. The smallest absolute Gasteiger partial charge is 0.222 e. The molecule has 4 rings (SSSR count). The highest BCUT2D eigenvalue weighted by molar-refractivity contribution is 5.80. The minimum absolute atomic E-state index is 0.193. The number of H-pyrrole nitrogens is 1. The summed E-state index contributed by atoms with van der Waals surface area (Å²) in [6.07, 6.45) is 3.27. The van der Waals surface area contributed by atoms with Crippen LogP contribution in [0.1, 0.15) is 38.2 Å². The van der Waals surface area contributed by atoms with Crippen LogP contribution < -0.4 is 4.74 Å². The number of tetrazole rings is 1. The number of amides is 1. The quantitative estimate of drug-likeness (QED) is 0.276. The molecule has 0 fully saturated rings. The second-order valence-corrected chi connectivity index (χ2v) is 8.43. The topological polar surface area (TPSA) is 84.0 Å². The standard InChI is InChI=1S/C28H31N5O2/c1-2-3-14-27(34)33(19-9-20-35-24-10-5-4-6-11-24)21-22-15-17-23(18-16-22)25-12-7-8-13-26(25)28-29-31-32-30-28/h4-8,10-13,15-18H,2-3,9,14,19-21H2,1H3,(H,29,30,31,32). The summed E-state index contributed by atoms with van der Waals surface area (Å²) < 4.78 is 5.82. The van der Waals surface area contributed by atoms with Crippen LogP contribution in [0.15, 0.2) is 78.9 Å². The van der Waals surface area contributed by atoms with Gasteiger partial charge in [0, 0.05) is 25.1 Å². The molecule has 0 atom stereocenters. The fourth-order valence-corrected chi connectivity index (χ4v) is 3.96. The molecule has 3 aromatic carbocycles. The Balaban J connectivity index is 1.42. The van der Waals surface area contributed by atoms with Crippen molar-refractivity contribution >= 4 is 5.91 Å². The summed E-state index contributed by atoms with van der Waals surface area (Å²) in [6, 6.07) is 26.2. The molecule has 1 amide bonds. The van der Waals surface area contributed by atoms with E-state index in [1.807, 2.05) is 53.4 Å². The predicted molar refractivity (Wildman–Crippen MR) is 137 cm³/mol. The van der Waals surface area contributed by atoms with Gasteiger partial charge in [-0.2, -0.15) is 0 Å². The van der Waals surface area contributed by atoms with Crippen LogP contribution in [-0.2, 0) is 11.3 Å². The molecule has 1 heterocycles. The minimum Gasteiger partial charge on any atom is -0.494 e. The van der Waals surface area contributed by atoms with Gasteiger partial charge >= 0.3 is 0 Å². The number of unbranched alkanes of at least 4 members (excludes halogenated alkanes) is 1. The number of carbonyl (C=O) groups is 1. The maximum Gasteiger partial charge on any atom is 0.222 e. The lowest BCUT2D eigenvalue weighted by atomic mass is 9.98. The summed E-state index contributed by atoms with van der Waals surface area (Å²) in [5.74, 6) is 1.68. The van der Waals surface area contributed by atoms with E-state index in [4.69, 9.17) is 4.74 Å². The van der Waals surface area contributed by atoms with Gasteiger partial charge in [0.25, 0.3) is 0 Å². The average molecular weight is 470 g/mol. The van der Waals surface area contributed by atoms with Crippen molar-refractivity contribution in [3.63, 3.8) is 0 Å². The fraction of sp³-hybridized carbons (Fsp3) is 0.286. The molecule has 0 unspecified atom stereocenters. The molecular formula is C28H31N5O2. The zero-order chi connectivity index (χ0) is 24.3. The van der Waals surface area contributed by atoms with Gasteiger partial charge in [0.15, 0.2) is 5.82 Å². The van der Waals surface area contributed by atoms with E-state index in [1.54, 1.807) is 0 Å². The Morgan fingerprint density at radius 3 is 2.37 bits per heavy atom. The normalized spacial score (nSPS) is 10.8. The maximum atomic E-state index is 12.9. The average Bonchev–Trinajstić information content (AvgIpc) is 3.45. The lowest BCUT2D eigenvalue weighted by Crippen LogP contribution is -2.32. The van der Waals surface area contributed by atoms with E-state index < -0.39 is 0 Å². The number of rotatable bonds is 12. The van der Waals surface area contributed by atoms with E-state index in [0.717, 1.165) is 47.3 Å². The van der Waals surface area contributed by atoms with E-state index >= 15 is 0 Å². The first-order chi connectivity index (χ1) is 17.2. The summed E-state index contributed by atoms with van der Waals surface area (Å²) in [5.41, 5.74) is 4.16. The van der Waals surface area contributed by atoms with Crippen LogP contribution in [0.4, 0.5) is 0 Å². The summed E-state index contributed by atoms with van der Waals surface area (Å²) in [4.78, 5) is 14.8. The van der Waals surface area contributed by atoms with Crippen molar-refractivity contribution < 1.29 is 9.53 Å². The molecule has 0 spiro atoms. The molecule has 0 radical (unpaired) electrons. The number of aromatic nitrogens is 4. The predicted octanol–water partition coefficient (Wildman–Crippen LogP) is 5.52. The summed E-state index contributed by atoms with van der Waals surface area (Å²) in [7, 11) is 0. The summed E-state index contributed by atoms with van der Waals surface area (Å²) in [6.45, 7) is 3.94. The van der Waals surface area contributed by atoms with Crippen LogP contribution in [0.3, 0.4) is 0 Å². The van der Waals surface area contributed by atoms with Gasteiger partial charge in [-0.1, -0.05) is 80.1 Å². The highest BCUT2D eigenvalue weighted by Gasteiger charge is 2.15. The monoisotopic (exact) mass is 469 g/mol. The molecule has 0 saturated heterocycles. The van der Waals surface area contributed by atoms with E-state index in [1.165, 1.54) is 0 Å². The van der Waals surface area contributed by atoms with E-state index in [0.29, 0.717) is 31.9 Å². The molecule has 4 aromatic rings. The van der Waals surface area contributed by atoms with Crippen molar-refractivity contribution in [2.75, 3.05) is 13.2 Å². The number of ether oxygens (including phenoxy) is 1. The van der Waals surface area contributed by atoms with Gasteiger partial charge < -0.3 is 9.64 Å². The number of aromatic amines is 1. The number of hydrogen-bond donors (Lipinski definition) is 1. The molecule has 0 aliphatic rings. The number of carbonyl (C=O) groups excluding carboxylic acids is 1. The Hall–Kier alpha value is -4.00. The second kappa shape index (κ2) is 12.5. The van der Waals surface area contributed by atoms with E-state index in [9.17, 15) is 4.79 Å². The van der Waals surface area contributed by atoms with Crippen LogP contribution in [0.2, 0.25) is 0 Å². The zero-order valence-corrected chi connectivity index (χ0v) is 20.1. The molecule has 0 bridgehead atoms. The van der Waals surface area contributed by atoms with Crippen molar-refractivity contribution in [1.29, 1.82) is 0 Å². The third-order valence-corrected chi connectivity index (χ3v) is 5.85. The van der Waals surface area contributed by atoms with Gasteiger partial charge in [-0.25, -0.2) is 5.10 Å². The number of benzene rings is 3. The Morgan fingerprint density at radius 1 is 0.914 bits per heavy atom. The van der Waals surface area contributed by atoms with Gasteiger partial charge in [-0.3, -0.25) is 4.79 Å². The highest BCUT2D eigenvalue weighted by atomic mass is 16.5. The van der Waals surface area contributed by atoms with Gasteiger partial charge in [-0.15, -0.1) is 5.10 Å². The number of nitrogens with zero attached hydrogens (tertiary/aromatic N) is 4. The number of hydrogen-bond acceptors (Lipinski definition) is 5. The zero-order valence-electron chi connectivity index (χ0n) is 20.1. The molecule has 0 aliphatic heterocycles. The van der Waals surface area contributed by atoms with Crippen LogP contribution in [0.25, 0.3) is 22.5 Å². The van der Waals surface area contributed by atoms with E-state index in [2.05, 4.69) is 57.9 Å². The van der Waals surface area contributed by atoms with Crippen molar-refractivity contribution in [3.8, 4) is 28.3 Å². The minimum atomic E-state index is 0.193. The Labute approximate surface area is 206 Å². The van der Waals surface area contributed by atoms with Gasteiger partial charge in [-0.05, 0) is 52.1 Å². The van der Waals surface area contributed by atoms with Crippen molar-refractivity contribution in [1.82, 2.24) is 25.5 Å². The second-order valence-electron chi connectivity index (χ2n) is 8.43. The fourth-order valence-electron chi connectivity index (χ4n) is 3.96. The molecule has 0 saturated carbocycles. The molecule has 1 N–H and O–H groups in total. The lowest BCUT2D eigenvalue weighted by Gasteiger charge is -2.23. The lowest BCUT2D eigenvalue weighted by molar-refractivity contribution is -0.132.